The van der Waals surface area contributed by atoms with Crippen molar-refractivity contribution in [3.8, 4) is 0 Å². The molecular weight excluding hydrogens is 220 g/mol. The lowest BCUT2D eigenvalue weighted by Crippen LogP contribution is -1.43. The van der Waals surface area contributed by atoms with Gasteiger partial charge in [0, 0.05) is 0 Å². The quantitative estimate of drug-likeness (QED) is 0.309. The molecule has 0 amide bonds. The van der Waals surface area contributed by atoms with Gasteiger partial charge < -0.3 is 0 Å². The molecular formula is C2F3N2O3PS. The third-order valence-corrected chi connectivity index (χ3v) is 0.469. The van der Waals surface area contributed by atoms with Gasteiger partial charge >= 0.3 is 8.07 Å². The second-order valence-corrected chi connectivity index (χ2v) is 2.17. The molecule has 5 nitrogen and oxygen atoms in total. The van der Waals surface area contributed by atoms with Crippen LogP contribution in [-0.4, -0.2) is 12.2 Å². The highest BCUT2D eigenvalue weighted by molar-refractivity contribution is 7.96. The Balaban J connectivity index is 0. The molecule has 0 aromatic rings. The predicted octanol–water partition coefficient (Wildman–Crippen LogP) is 2.22. The Morgan fingerprint density at radius 2 is 1.33 bits per heavy atom. The summed E-state index contributed by atoms with van der Waals surface area (Å²) in [6, 6.07) is 0. The van der Waals surface area contributed by atoms with Crippen LogP contribution in [0.4, 0.5) is 12.6 Å². The molecule has 0 radical (unpaired) electrons. The van der Waals surface area contributed by atoms with Crippen LogP contribution < -0.4 is 0 Å². The Hall–Kier alpha value is -0.870. The minimum Gasteiger partial charge on any atom is -0.215 e. The first kappa shape index (κ1) is 13.7. The number of isocyanates is 2. The first-order chi connectivity index (χ1) is 5.41. The maximum atomic E-state index is 9.91. The van der Waals surface area contributed by atoms with E-state index >= 15 is 0 Å². The molecule has 0 aromatic carbocycles. The minimum atomic E-state index is -6.14. The molecule has 0 N–H and O–H groups in total. The van der Waals surface area contributed by atoms with Gasteiger partial charge in [-0.25, -0.2) is 14.2 Å². The molecule has 0 aliphatic carbocycles. The number of rotatable bonds is 2. The molecule has 0 aliphatic rings. The third kappa shape index (κ3) is 61.6. The maximum Gasteiger partial charge on any atom is 0.591 e. The molecule has 68 valence electrons. The Morgan fingerprint density at radius 3 is 1.50 bits per heavy atom. The van der Waals surface area contributed by atoms with Crippen LogP contribution in [-0.2, 0) is 14.2 Å². The molecule has 0 saturated heterocycles. The molecule has 0 fully saturated rings. The van der Waals surface area contributed by atoms with E-state index in [1.807, 2.05) is 0 Å². The second kappa shape index (κ2) is 8.23. The van der Waals surface area contributed by atoms with Gasteiger partial charge in [-0.05, 0) is 0 Å². The van der Waals surface area contributed by atoms with Crippen molar-refractivity contribution in [1.82, 2.24) is 0 Å². The van der Waals surface area contributed by atoms with E-state index in [0.29, 0.717) is 12.1 Å². The van der Waals surface area contributed by atoms with E-state index in [1.54, 1.807) is 0 Å². The van der Waals surface area contributed by atoms with Crippen molar-refractivity contribution in [1.29, 1.82) is 0 Å². The van der Waals surface area contributed by atoms with Crippen LogP contribution in [0.1, 0.15) is 0 Å². The fourth-order valence-electron chi connectivity index (χ4n) is 0.0537. The van der Waals surface area contributed by atoms with Crippen molar-refractivity contribution in [2.75, 3.05) is 0 Å². The van der Waals surface area contributed by atoms with Crippen molar-refractivity contribution < 1.29 is 26.7 Å². The highest BCUT2D eigenvalue weighted by Crippen LogP contribution is 2.50. The first-order valence-electron chi connectivity index (χ1n) is 1.91. The lowest BCUT2D eigenvalue weighted by atomic mass is 11.7. The number of carbonyl (C=O) groups excluding carboxylic acids is 2. The fourth-order valence-corrected chi connectivity index (χ4v) is 0.161. The van der Waals surface area contributed by atoms with E-state index in [1.165, 1.54) is 12.2 Å². The highest BCUT2D eigenvalue weighted by Gasteiger charge is 2.13. The molecule has 10 heteroatoms. The fraction of sp³-hybridized carbons (Fsp3) is 0. The standard InChI is InChI=1S/C2N2O2S.F3OP/c5-1-3-7-4-2-6;1-5(2,3)4. The first-order valence-corrected chi connectivity index (χ1v) is 4.02. The lowest BCUT2D eigenvalue weighted by molar-refractivity contribution is 0.440. The van der Waals surface area contributed by atoms with Gasteiger partial charge in [0.2, 0.25) is 12.2 Å². The van der Waals surface area contributed by atoms with Crippen molar-refractivity contribution in [3.05, 3.63) is 0 Å². The van der Waals surface area contributed by atoms with Crippen LogP contribution in [0.2, 0.25) is 0 Å². The average Bonchev–Trinajstić information content (AvgIpc) is 1.85. The van der Waals surface area contributed by atoms with E-state index in [4.69, 9.17) is 4.57 Å². The summed E-state index contributed by atoms with van der Waals surface area (Å²) in [5.74, 6) is 0. The average molecular weight is 220 g/mol. The Kier molecular flexibility index (Phi) is 9.40. The van der Waals surface area contributed by atoms with Crippen molar-refractivity contribution in [2.45, 2.75) is 0 Å². The monoisotopic (exact) mass is 220 g/mol. The topological polar surface area (TPSA) is 75.9 Å². The molecule has 0 spiro atoms. The van der Waals surface area contributed by atoms with Gasteiger partial charge in [0.1, 0.15) is 12.1 Å². The molecule has 0 bridgehead atoms. The predicted molar refractivity (Wildman–Crippen MR) is 34.8 cm³/mol. The van der Waals surface area contributed by atoms with Gasteiger partial charge in [0.25, 0.3) is 0 Å². The van der Waals surface area contributed by atoms with Gasteiger partial charge in [-0.1, -0.05) is 0 Å². The van der Waals surface area contributed by atoms with E-state index in [2.05, 4.69) is 8.80 Å². The SMILES string of the molecule is O=C=NSN=C=O.O=P(F)(F)F. The normalized spacial score (nSPS) is 8.25. The highest BCUT2D eigenvalue weighted by atomic mass is 32.2. The van der Waals surface area contributed by atoms with Crippen molar-refractivity contribution in [3.63, 3.8) is 0 Å². The van der Waals surface area contributed by atoms with Gasteiger partial charge in [-0.15, -0.1) is 21.4 Å². The number of halogens is 3. The number of nitrogens with zero attached hydrogens (tertiary/aromatic N) is 2. The van der Waals surface area contributed by atoms with Crippen LogP contribution in [0.3, 0.4) is 0 Å². The summed E-state index contributed by atoms with van der Waals surface area (Å²) in [5.41, 5.74) is 0. The van der Waals surface area contributed by atoms with Gasteiger partial charge in [0.15, 0.2) is 0 Å². The molecule has 0 rings (SSSR count). The summed E-state index contributed by atoms with van der Waals surface area (Å²) in [7, 11) is -6.14. The zero-order valence-electron chi connectivity index (χ0n) is 5.11. The van der Waals surface area contributed by atoms with Crippen LogP contribution in [0.15, 0.2) is 8.80 Å². The third-order valence-electron chi connectivity index (χ3n) is 0.156. The van der Waals surface area contributed by atoms with Crippen molar-refractivity contribution in [2.24, 2.45) is 8.80 Å². The Morgan fingerprint density at radius 1 is 1.08 bits per heavy atom. The maximum absolute atomic E-state index is 9.91. The van der Waals surface area contributed by atoms with E-state index in [-0.39, 0.29) is 0 Å². The number of hydrogen-bond acceptors (Lipinski definition) is 6. The Labute approximate surface area is 68.8 Å². The van der Waals surface area contributed by atoms with Crippen LogP contribution in [0, 0.1) is 0 Å². The second-order valence-electron chi connectivity index (χ2n) is 0.845. The van der Waals surface area contributed by atoms with Crippen molar-refractivity contribution >= 4 is 32.4 Å². The molecule has 0 heterocycles. The van der Waals surface area contributed by atoms with Gasteiger partial charge in [-0.3, -0.25) is 0 Å². The zero-order valence-corrected chi connectivity index (χ0v) is 6.82. The summed E-state index contributed by atoms with van der Waals surface area (Å²) in [5, 5.41) is 0. The minimum absolute atomic E-state index is 0.456. The molecule has 0 atom stereocenters. The van der Waals surface area contributed by atoms with Gasteiger partial charge in [0.05, 0.1) is 0 Å². The van der Waals surface area contributed by atoms with E-state index < -0.39 is 8.07 Å². The number of hydrogen-bond donors (Lipinski definition) is 0. The molecule has 0 unspecified atom stereocenters. The smallest absolute Gasteiger partial charge is 0.215 e. The van der Waals surface area contributed by atoms with Gasteiger partial charge in [-0.2, -0.15) is 0 Å². The summed E-state index contributed by atoms with van der Waals surface area (Å²) in [4.78, 5) is 18.4. The van der Waals surface area contributed by atoms with Crippen LogP contribution in [0.25, 0.3) is 0 Å². The van der Waals surface area contributed by atoms with Crippen LogP contribution in [0.5, 0.6) is 0 Å². The molecule has 0 saturated carbocycles. The summed E-state index contributed by atoms with van der Waals surface area (Å²) >= 11 is 0.456. The Bertz CT molecular complexity index is 230. The van der Waals surface area contributed by atoms with E-state index in [0.717, 1.165) is 0 Å². The van der Waals surface area contributed by atoms with E-state index in [9.17, 15) is 22.2 Å². The lowest BCUT2D eigenvalue weighted by Gasteiger charge is -1.68. The molecule has 0 aromatic heterocycles. The largest absolute Gasteiger partial charge is 0.591 e. The summed E-state index contributed by atoms with van der Waals surface area (Å²) < 4.78 is 43.6. The zero-order chi connectivity index (χ0) is 10.0. The summed E-state index contributed by atoms with van der Waals surface area (Å²) in [6.45, 7) is 0. The molecule has 0 aliphatic heterocycles. The summed E-state index contributed by atoms with van der Waals surface area (Å²) in [6.07, 6.45) is 2.34. The molecule has 12 heavy (non-hydrogen) atoms. The van der Waals surface area contributed by atoms with Crippen LogP contribution >= 0.6 is 20.2 Å².